The van der Waals surface area contributed by atoms with Crippen LogP contribution < -0.4 is 0 Å². The molecule has 38 heavy (non-hydrogen) atoms. The van der Waals surface area contributed by atoms with Crippen LogP contribution in [-0.4, -0.2) is 76.6 Å². The van der Waals surface area contributed by atoms with Crippen LogP contribution in [0.3, 0.4) is 0 Å². The van der Waals surface area contributed by atoms with E-state index in [4.69, 9.17) is 0 Å². The maximum Gasteiger partial charge on any atom is 0.426 e. The summed E-state index contributed by atoms with van der Waals surface area (Å²) in [4.78, 5) is 0. The standard InChI is InChI=1S/C12H4F24N2/c13-3(14,1-2-37(33)34)4(15,16)5(17,18)6(19,20)7(21,22)8(23,24)9(25,26)10(27,28)11(29,30)12(31,32)38(35)36/h1-2H2. The Balaban J connectivity index is 7.04. The van der Waals surface area contributed by atoms with E-state index in [0.29, 0.717) is 0 Å². The number of halogens is 24. The van der Waals surface area contributed by atoms with E-state index in [0.717, 1.165) is 0 Å². The fourth-order valence-electron chi connectivity index (χ4n) is 2.09. The van der Waals surface area contributed by atoms with E-state index in [1.54, 1.807) is 0 Å². The van der Waals surface area contributed by atoms with Crippen LogP contribution in [0.25, 0.3) is 0 Å². The molecule has 0 aromatic heterocycles. The molecule has 0 saturated heterocycles. The van der Waals surface area contributed by atoms with E-state index in [2.05, 4.69) is 0 Å². The monoisotopic (exact) mass is 632 g/mol. The van der Waals surface area contributed by atoms with Gasteiger partial charge in [0.1, 0.15) is 0 Å². The number of alkyl halides is 20. The Morgan fingerprint density at radius 3 is 0.816 bits per heavy atom. The van der Waals surface area contributed by atoms with E-state index < -0.39 is 83.0 Å². The van der Waals surface area contributed by atoms with Gasteiger partial charge in [-0.05, 0) is 0 Å². The fourth-order valence-corrected chi connectivity index (χ4v) is 2.09. The maximum atomic E-state index is 13.5. The van der Waals surface area contributed by atoms with Gasteiger partial charge in [-0.1, -0.05) is 8.96 Å². The lowest BCUT2D eigenvalue weighted by Gasteiger charge is -2.45. The zero-order chi connectivity index (χ0) is 31.6. The van der Waals surface area contributed by atoms with Gasteiger partial charge in [0.2, 0.25) is 0 Å². The Bertz CT molecular complexity index is 828. The van der Waals surface area contributed by atoms with Crippen LogP contribution in [0, 0.1) is 0 Å². The van der Waals surface area contributed by atoms with Crippen molar-refractivity contribution in [2.75, 3.05) is 6.54 Å². The van der Waals surface area contributed by atoms with Crippen LogP contribution in [-0.2, 0) is 0 Å². The number of hydrogen-bond donors (Lipinski definition) is 0. The van der Waals surface area contributed by atoms with Crippen molar-refractivity contribution in [3.05, 3.63) is 0 Å². The van der Waals surface area contributed by atoms with Gasteiger partial charge in [-0.3, -0.25) is 0 Å². The quantitative estimate of drug-likeness (QED) is 0.116. The Morgan fingerprint density at radius 2 is 0.579 bits per heavy atom. The average molecular weight is 632 g/mol. The van der Waals surface area contributed by atoms with Crippen molar-refractivity contribution >= 4 is 0 Å². The number of rotatable bonds is 13. The molecule has 0 unspecified atom stereocenters. The third-order valence-corrected chi connectivity index (χ3v) is 4.40. The van der Waals surface area contributed by atoms with Gasteiger partial charge in [0.25, 0.3) is 0 Å². The molecule has 26 heteroatoms. The van der Waals surface area contributed by atoms with Crippen molar-refractivity contribution < 1.29 is 106 Å². The molecule has 0 bridgehead atoms. The summed E-state index contributed by atoms with van der Waals surface area (Å²) < 4.78 is 312. The zero-order valence-corrected chi connectivity index (χ0v) is 16.4. The molecule has 0 saturated carbocycles. The largest absolute Gasteiger partial charge is 0.426 e. The lowest BCUT2D eigenvalue weighted by molar-refractivity contribution is -0.488. The molecular formula is C12H4F24N2. The van der Waals surface area contributed by atoms with Crippen molar-refractivity contribution in [2.24, 2.45) is 0 Å². The third kappa shape index (κ3) is 4.54. The highest BCUT2D eigenvalue weighted by Gasteiger charge is 2.98. The molecule has 0 aromatic carbocycles. The predicted molar refractivity (Wildman–Crippen MR) is 67.1 cm³/mol. The summed E-state index contributed by atoms with van der Waals surface area (Å²) >= 11 is 0. The Hall–Kier alpha value is -1.76. The van der Waals surface area contributed by atoms with Crippen molar-refractivity contribution in [3.8, 4) is 0 Å². The molecule has 0 atom stereocenters. The maximum absolute atomic E-state index is 13.5. The van der Waals surface area contributed by atoms with Gasteiger partial charge in [-0.15, -0.1) is 8.96 Å². The van der Waals surface area contributed by atoms with E-state index in [1.807, 2.05) is 0 Å². The van der Waals surface area contributed by atoms with Gasteiger partial charge >= 0.3 is 59.3 Å². The predicted octanol–water partition coefficient (Wildman–Crippen LogP) is 7.83. The molecule has 0 amide bonds. The van der Waals surface area contributed by atoms with Gasteiger partial charge in [-0.2, -0.15) is 87.8 Å². The fraction of sp³-hybridized carbons (Fsp3) is 1.00. The Kier molecular flexibility index (Phi) is 8.98. The van der Waals surface area contributed by atoms with Crippen molar-refractivity contribution in [3.63, 3.8) is 0 Å². The first-order valence-electron chi connectivity index (χ1n) is 8.10. The average Bonchev–Trinajstić information content (AvgIpc) is 2.70. The first kappa shape index (κ1) is 36.2. The van der Waals surface area contributed by atoms with Crippen LogP contribution in [0.15, 0.2) is 0 Å². The van der Waals surface area contributed by atoms with Crippen molar-refractivity contribution in [1.29, 1.82) is 0 Å². The summed E-state index contributed by atoms with van der Waals surface area (Å²) in [5.41, 5.74) is 0. The summed E-state index contributed by atoms with van der Waals surface area (Å²) in [7, 11) is 0. The van der Waals surface area contributed by atoms with Crippen LogP contribution >= 0.6 is 0 Å². The highest BCUT2D eigenvalue weighted by molar-refractivity contribution is 5.18. The van der Waals surface area contributed by atoms with Crippen molar-refractivity contribution in [2.45, 2.75) is 65.8 Å². The SMILES string of the molecule is FN(F)CCC(F)(F)C(F)(F)C(F)(F)C(F)(F)C(F)(F)C(F)(F)C(F)(F)C(F)(F)C(F)(F)C(F)(F)N(F)F. The van der Waals surface area contributed by atoms with Crippen molar-refractivity contribution in [1.82, 2.24) is 10.7 Å². The summed E-state index contributed by atoms with van der Waals surface area (Å²) in [6.07, 6.45) is -3.40. The summed E-state index contributed by atoms with van der Waals surface area (Å²) in [5.74, 6) is -79.1. The second-order valence-corrected chi connectivity index (χ2v) is 6.85. The minimum absolute atomic E-state index is 2.54. The van der Waals surface area contributed by atoms with Gasteiger partial charge in [-0.25, -0.2) is 0 Å². The molecule has 0 aliphatic heterocycles. The molecule has 0 rings (SSSR count). The molecule has 0 aromatic rings. The van der Waals surface area contributed by atoms with Crippen LogP contribution in [0.5, 0.6) is 0 Å². The second-order valence-electron chi connectivity index (χ2n) is 6.85. The first-order chi connectivity index (χ1) is 16.1. The minimum atomic E-state index is -9.37. The molecule has 0 heterocycles. The van der Waals surface area contributed by atoms with E-state index in [9.17, 15) is 106 Å². The highest BCUT2D eigenvalue weighted by atomic mass is 19.4. The van der Waals surface area contributed by atoms with Crippen LogP contribution in [0.4, 0.5) is 106 Å². The lowest BCUT2D eigenvalue weighted by atomic mass is 9.85. The zero-order valence-electron chi connectivity index (χ0n) is 16.4. The second kappa shape index (κ2) is 9.42. The summed E-state index contributed by atoms with van der Waals surface area (Å²) in [6, 6.07) is -8.05. The number of nitrogens with zero attached hydrogens (tertiary/aromatic N) is 2. The molecule has 0 N–H and O–H groups in total. The van der Waals surface area contributed by atoms with Gasteiger partial charge in [0.05, 0.1) is 11.9 Å². The van der Waals surface area contributed by atoms with E-state index >= 15 is 0 Å². The first-order valence-corrected chi connectivity index (χ1v) is 8.10. The molecule has 0 aliphatic rings. The minimum Gasteiger partial charge on any atom is -0.200 e. The van der Waals surface area contributed by atoms with E-state index in [-0.39, 0.29) is 0 Å². The molecule has 230 valence electrons. The van der Waals surface area contributed by atoms with Gasteiger partial charge in [0.15, 0.2) is 0 Å². The normalized spacial score (nSPS) is 16.6. The van der Waals surface area contributed by atoms with Crippen LogP contribution in [0.1, 0.15) is 6.42 Å². The summed E-state index contributed by atoms with van der Waals surface area (Å²) in [6.45, 7) is -2.79. The van der Waals surface area contributed by atoms with Crippen LogP contribution in [0.2, 0.25) is 0 Å². The van der Waals surface area contributed by atoms with Gasteiger partial charge in [0, 0.05) is 11.8 Å². The molecule has 0 aliphatic carbocycles. The molecular weight excluding hydrogens is 628 g/mol. The third-order valence-electron chi connectivity index (χ3n) is 4.40. The Morgan fingerprint density at radius 1 is 0.342 bits per heavy atom. The number of hydrogen-bond acceptors (Lipinski definition) is 2. The molecule has 2 nitrogen and oxygen atoms in total. The summed E-state index contributed by atoms with van der Waals surface area (Å²) in [5, 5.41) is -6.95. The highest BCUT2D eigenvalue weighted by Crippen LogP contribution is 2.66. The molecule has 0 radical (unpaired) electrons. The molecule has 0 fully saturated rings. The van der Waals surface area contributed by atoms with E-state index in [1.165, 1.54) is 0 Å². The topological polar surface area (TPSA) is 6.48 Å². The molecule has 0 spiro atoms. The lowest BCUT2D eigenvalue weighted by Crippen LogP contribution is -2.77. The smallest absolute Gasteiger partial charge is 0.200 e. The van der Waals surface area contributed by atoms with Gasteiger partial charge < -0.3 is 0 Å². The Labute approximate surface area is 190 Å².